The highest BCUT2D eigenvalue weighted by Crippen LogP contribution is 2.34. The fourth-order valence-corrected chi connectivity index (χ4v) is 1.66. The predicted molar refractivity (Wildman–Crippen MR) is 68.4 cm³/mol. The van der Waals surface area contributed by atoms with Crippen LogP contribution in [0.3, 0.4) is 0 Å². The Morgan fingerprint density at radius 3 is 2.14 bits per heavy atom. The van der Waals surface area contributed by atoms with Crippen molar-refractivity contribution in [1.29, 1.82) is 0 Å². The molecule has 0 bridgehead atoms. The summed E-state index contributed by atoms with van der Waals surface area (Å²) < 4.78 is 75.6. The molecule has 22 heavy (non-hydrogen) atoms. The molecular formula is C13H9F6N3. The number of hydrogen-bond donors (Lipinski definition) is 2. The Labute approximate surface area is 120 Å². The number of nitrogens with zero attached hydrogens (tertiary/aromatic N) is 1. The monoisotopic (exact) mass is 321 g/mol. The molecule has 1 aromatic heterocycles. The van der Waals surface area contributed by atoms with E-state index in [0.29, 0.717) is 12.3 Å². The van der Waals surface area contributed by atoms with Gasteiger partial charge in [-0.2, -0.15) is 26.3 Å². The molecule has 0 amide bonds. The normalized spacial score (nSPS) is 12.3. The van der Waals surface area contributed by atoms with Gasteiger partial charge in [0.2, 0.25) is 0 Å². The Kier molecular flexibility index (Phi) is 3.90. The minimum Gasteiger partial charge on any atom is -0.382 e. The Hall–Kier alpha value is -2.45. The van der Waals surface area contributed by atoms with E-state index in [0.717, 1.165) is 18.2 Å². The lowest BCUT2D eigenvalue weighted by molar-refractivity contribution is -0.138. The van der Waals surface area contributed by atoms with Crippen LogP contribution in [0.25, 0.3) is 0 Å². The molecule has 0 saturated carbocycles. The third-order valence-electron chi connectivity index (χ3n) is 2.71. The number of alkyl halides is 6. The average Bonchev–Trinajstić information content (AvgIpc) is 2.39. The van der Waals surface area contributed by atoms with Crippen LogP contribution in [0.15, 0.2) is 36.5 Å². The van der Waals surface area contributed by atoms with Gasteiger partial charge < -0.3 is 11.1 Å². The number of halogens is 6. The van der Waals surface area contributed by atoms with Crippen LogP contribution in [0.2, 0.25) is 0 Å². The minimum absolute atomic E-state index is 0.0531. The first kappa shape index (κ1) is 15.9. The maximum atomic E-state index is 12.6. The van der Waals surface area contributed by atoms with E-state index in [2.05, 4.69) is 10.3 Å². The maximum absolute atomic E-state index is 12.6. The second kappa shape index (κ2) is 5.39. The fourth-order valence-electron chi connectivity index (χ4n) is 1.66. The smallest absolute Gasteiger partial charge is 0.382 e. The Bertz CT molecular complexity index is 678. The molecule has 0 saturated heterocycles. The van der Waals surface area contributed by atoms with E-state index in [9.17, 15) is 26.3 Å². The summed E-state index contributed by atoms with van der Waals surface area (Å²) in [5.41, 5.74) is 3.17. The zero-order chi connectivity index (χ0) is 16.5. The van der Waals surface area contributed by atoms with Gasteiger partial charge >= 0.3 is 12.4 Å². The molecule has 0 atom stereocenters. The van der Waals surface area contributed by atoms with Gasteiger partial charge in [0.05, 0.1) is 16.8 Å². The first-order valence-electron chi connectivity index (χ1n) is 5.84. The van der Waals surface area contributed by atoms with Crippen LogP contribution in [0, 0.1) is 0 Å². The Morgan fingerprint density at radius 2 is 1.55 bits per heavy atom. The number of nitrogens with one attached hydrogen (secondary N) is 1. The topological polar surface area (TPSA) is 50.9 Å². The van der Waals surface area contributed by atoms with Crippen LogP contribution in [-0.2, 0) is 12.4 Å². The van der Waals surface area contributed by atoms with Gasteiger partial charge in [-0.05, 0) is 24.3 Å². The third kappa shape index (κ3) is 3.60. The highest BCUT2D eigenvalue weighted by molar-refractivity contribution is 5.70. The van der Waals surface area contributed by atoms with Crippen LogP contribution < -0.4 is 11.1 Å². The van der Waals surface area contributed by atoms with Crippen molar-refractivity contribution in [2.75, 3.05) is 11.1 Å². The molecule has 3 nitrogen and oxygen atoms in total. The molecule has 0 aliphatic carbocycles. The summed E-state index contributed by atoms with van der Waals surface area (Å²) in [5, 5.41) is 2.41. The quantitative estimate of drug-likeness (QED) is 0.804. The van der Waals surface area contributed by atoms with E-state index < -0.39 is 23.5 Å². The van der Waals surface area contributed by atoms with Crippen LogP contribution >= 0.6 is 0 Å². The van der Waals surface area contributed by atoms with Gasteiger partial charge in [-0.1, -0.05) is 6.07 Å². The molecule has 0 aliphatic heterocycles. The molecule has 2 rings (SSSR count). The van der Waals surface area contributed by atoms with Gasteiger partial charge in [-0.25, -0.2) is 4.98 Å². The van der Waals surface area contributed by atoms with Crippen molar-refractivity contribution in [3.05, 3.63) is 47.7 Å². The predicted octanol–water partition coefficient (Wildman–Crippen LogP) is 4.45. The number of nitrogens with two attached hydrogens (primary N) is 1. The van der Waals surface area contributed by atoms with E-state index in [1.807, 2.05) is 0 Å². The van der Waals surface area contributed by atoms with Crippen LogP contribution in [-0.4, -0.2) is 4.98 Å². The molecule has 9 heteroatoms. The molecule has 0 fully saturated rings. The van der Waals surface area contributed by atoms with Crippen molar-refractivity contribution in [2.45, 2.75) is 12.4 Å². The SMILES string of the molecule is Nc1ncc(C(F)(F)F)cc1Nc1cccc(C(F)(F)F)c1. The van der Waals surface area contributed by atoms with E-state index in [4.69, 9.17) is 5.73 Å². The molecule has 0 unspecified atom stereocenters. The van der Waals surface area contributed by atoms with Gasteiger partial charge in [-0.3, -0.25) is 0 Å². The molecule has 118 valence electrons. The number of nitrogen functional groups attached to an aromatic ring is 1. The number of anilines is 3. The number of pyridine rings is 1. The number of aromatic nitrogens is 1. The van der Waals surface area contributed by atoms with E-state index in [1.54, 1.807) is 0 Å². The van der Waals surface area contributed by atoms with Crippen molar-refractivity contribution >= 4 is 17.2 Å². The molecule has 2 aromatic rings. The Balaban J connectivity index is 2.35. The second-order valence-electron chi connectivity index (χ2n) is 4.36. The summed E-state index contributed by atoms with van der Waals surface area (Å²) >= 11 is 0. The molecule has 0 aliphatic rings. The first-order chi connectivity index (χ1) is 10.1. The zero-order valence-electron chi connectivity index (χ0n) is 10.8. The first-order valence-corrected chi connectivity index (χ1v) is 5.84. The van der Waals surface area contributed by atoms with Gasteiger partial charge in [-0.15, -0.1) is 0 Å². The number of rotatable bonds is 2. The average molecular weight is 321 g/mol. The van der Waals surface area contributed by atoms with Gasteiger partial charge in [0.15, 0.2) is 0 Å². The van der Waals surface area contributed by atoms with Crippen LogP contribution in [0.5, 0.6) is 0 Å². The summed E-state index contributed by atoms with van der Waals surface area (Å²) in [6, 6.07) is 4.69. The zero-order valence-corrected chi connectivity index (χ0v) is 10.8. The van der Waals surface area contributed by atoms with Crippen LogP contribution in [0.1, 0.15) is 11.1 Å². The van der Waals surface area contributed by atoms with Gasteiger partial charge in [0.25, 0.3) is 0 Å². The number of benzene rings is 1. The van der Waals surface area contributed by atoms with Crippen molar-refractivity contribution in [1.82, 2.24) is 4.98 Å². The van der Waals surface area contributed by atoms with Crippen LogP contribution in [0.4, 0.5) is 43.5 Å². The standard InChI is InChI=1S/C13H9F6N3/c14-12(15,16)7-2-1-3-9(4-7)22-10-5-8(13(17,18)19)6-21-11(10)20/h1-6,22H,(H2,20,21). The van der Waals surface area contributed by atoms with E-state index in [1.165, 1.54) is 6.07 Å². The fraction of sp³-hybridized carbons (Fsp3) is 0.154. The molecule has 0 spiro atoms. The second-order valence-corrected chi connectivity index (χ2v) is 4.36. The summed E-state index contributed by atoms with van der Waals surface area (Å²) in [4.78, 5) is 3.39. The highest BCUT2D eigenvalue weighted by Gasteiger charge is 2.32. The van der Waals surface area contributed by atoms with Crippen molar-refractivity contribution in [3.8, 4) is 0 Å². The molecule has 1 aromatic carbocycles. The van der Waals surface area contributed by atoms with Crippen molar-refractivity contribution in [2.24, 2.45) is 0 Å². The van der Waals surface area contributed by atoms with Gasteiger partial charge in [0, 0.05) is 11.9 Å². The lowest BCUT2D eigenvalue weighted by atomic mass is 10.2. The summed E-state index contributed by atoms with van der Waals surface area (Å²) in [6.45, 7) is 0. The highest BCUT2D eigenvalue weighted by atomic mass is 19.4. The van der Waals surface area contributed by atoms with E-state index in [-0.39, 0.29) is 17.2 Å². The molecule has 3 N–H and O–H groups in total. The largest absolute Gasteiger partial charge is 0.417 e. The van der Waals surface area contributed by atoms with Crippen molar-refractivity contribution < 1.29 is 26.3 Å². The summed E-state index contributed by atoms with van der Waals surface area (Å²) in [7, 11) is 0. The molecular weight excluding hydrogens is 312 g/mol. The van der Waals surface area contributed by atoms with E-state index >= 15 is 0 Å². The minimum atomic E-state index is -4.63. The van der Waals surface area contributed by atoms with Crippen molar-refractivity contribution in [3.63, 3.8) is 0 Å². The molecule has 1 heterocycles. The third-order valence-corrected chi connectivity index (χ3v) is 2.71. The van der Waals surface area contributed by atoms with Gasteiger partial charge in [0.1, 0.15) is 5.82 Å². The Morgan fingerprint density at radius 1 is 0.909 bits per heavy atom. The summed E-state index contributed by atoms with van der Waals surface area (Å²) in [6.07, 6.45) is -8.65. The maximum Gasteiger partial charge on any atom is 0.417 e. The lowest BCUT2D eigenvalue weighted by Crippen LogP contribution is -2.09. The summed E-state index contributed by atoms with van der Waals surface area (Å²) in [5.74, 6) is -0.259. The molecule has 0 radical (unpaired) electrons. The lowest BCUT2D eigenvalue weighted by Gasteiger charge is -2.13. The number of hydrogen-bond acceptors (Lipinski definition) is 3.